The van der Waals surface area contributed by atoms with Crippen molar-refractivity contribution in [2.75, 3.05) is 13.7 Å². The quantitative estimate of drug-likeness (QED) is 0.860. The molecule has 1 aromatic carbocycles. The van der Waals surface area contributed by atoms with Crippen molar-refractivity contribution in [2.24, 2.45) is 11.7 Å². The standard InChI is InChI=1S/C14H22N2O3S.ClH/c1-10-8-12(19-2)6-7-14(10)20(17,18)16-13-5-3-4-11(13)9-15;/h6-8,11,13,16H,3-5,9,15H2,1-2H3;1H. The second-order valence-electron chi connectivity index (χ2n) is 5.29. The molecule has 1 saturated carbocycles. The highest BCUT2D eigenvalue weighted by Gasteiger charge is 2.30. The lowest BCUT2D eigenvalue weighted by atomic mass is 10.1. The maximum Gasteiger partial charge on any atom is 0.241 e. The molecule has 2 atom stereocenters. The van der Waals surface area contributed by atoms with Crippen LogP contribution in [0.15, 0.2) is 23.1 Å². The Bertz CT molecular complexity index is 578. The van der Waals surface area contributed by atoms with Gasteiger partial charge in [0.15, 0.2) is 0 Å². The van der Waals surface area contributed by atoms with Crippen molar-refractivity contribution in [3.05, 3.63) is 23.8 Å². The highest BCUT2D eigenvalue weighted by molar-refractivity contribution is 7.89. The number of aryl methyl sites for hydroxylation is 1. The molecule has 1 aliphatic carbocycles. The van der Waals surface area contributed by atoms with Crippen LogP contribution in [0.4, 0.5) is 0 Å². The molecule has 0 bridgehead atoms. The number of rotatable bonds is 5. The van der Waals surface area contributed by atoms with Crippen molar-refractivity contribution in [1.29, 1.82) is 0 Å². The maximum absolute atomic E-state index is 12.5. The fourth-order valence-electron chi connectivity index (χ4n) is 2.79. The smallest absolute Gasteiger partial charge is 0.241 e. The van der Waals surface area contributed by atoms with E-state index in [1.165, 1.54) is 0 Å². The Balaban J connectivity index is 0.00000220. The highest BCUT2D eigenvalue weighted by atomic mass is 35.5. The molecule has 7 heteroatoms. The third kappa shape index (κ3) is 4.10. The summed E-state index contributed by atoms with van der Waals surface area (Å²) in [4.78, 5) is 0.306. The predicted octanol–water partition coefficient (Wildman–Crippen LogP) is 1.83. The monoisotopic (exact) mass is 334 g/mol. The molecule has 120 valence electrons. The molecule has 5 nitrogen and oxygen atoms in total. The summed E-state index contributed by atoms with van der Waals surface area (Å²) >= 11 is 0. The van der Waals surface area contributed by atoms with E-state index < -0.39 is 10.0 Å². The highest BCUT2D eigenvalue weighted by Crippen LogP contribution is 2.27. The molecule has 0 amide bonds. The van der Waals surface area contributed by atoms with Crippen LogP contribution in [0.2, 0.25) is 0 Å². The van der Waals surface area contributed by atoms with Gasteiger partial charge in [0.25, 0.3) is 0 Å². The van der Waals surface area contributed by atoms with Crippen molar-refractivity contribution in [3.63, 3.8) is 0 Å². The van der Waals surface area contributed by atoms with Gasteiger partial charge in [-0.15, -0.1) is 12.4 Å². The Morgan fingerprint density at radius 3 is 2.67 bits per heavy atom. The van der Waals surface area contributed by atoms with Gasteiger partial charge in [-0.05, 0) is 56.0 Å². The zero-order chi connectivity index (χ0) is 14.8. The van der Waals surface area contributed by atoms with Gasteiger partial charge in [0.2, 0.25) is 10.0 Å². The molecule has 0 aliphatic heterocycles. The summed E-state index contributed by atoms with van der Waals surface area (Å²) in [5.41, 5.74) is 6.38. The number of nitrogens with one attached hydrogen (secondary N) is 1. The van der Waals surface area contributed by atoms with Gasteiger partial charge in [0.05, 0.1) is 12.0 Å². The molecule has 2 rings (SSSR count). The molecule has 1 aliphatic rings. The van der Waals surface area contributed by atoms with Crippen LogP contribution in [-0.4, -0.2) is 28.1 Å². The molecule has 21 heavy (non-hydrogen) atoms. The van der Waals surface area contributed by atoms with E-state index in [4.69, 9.17) is 10.5 Å². The Morgan fingerprint density at radius 2 is 2.10 bits per heavy atom. The number of hydrogen-bond donors (Lipinski definition) is 2. The zero-order valence-electron chi connectivity index (χ0n) is 12.3. The molecule has 0 radical (unpaired) electrons. The first-order valence-electron chi connectivity index (χ1n) is 6.85. The van der Waals surface area contributed by atoms with Crippen LogP contribution in [0.1, 0.15) is 24.8 Å². The minimum absolute atomic E-state index is 0. The van der Waals surface area contributed by atoms with E-state index in [9.17, 15) is 8.42 Å². The lowest BCUT2D eigenvalue weighted by molar-refractivity contribution is 0.414. The van der Waals surface area contributed by atoms with Crippen LogP contribution in [0.5, 0.6) is 5.75 Å². The summed E-state index contributed by atoms with van der Waals surface area (Å²) in [6.07, 6.45) is 2.87. The van der Waals surface area contributed by atoms with E-state index in [0.717, 1.165) is 19.3 Å². The summed E-state index contributed by atoms with van der Waals surface area (Å²) in [5.74, 6) is 0.894. The molecule has 0 heterocycles. The second kappa shape index (κ2) is 7.45. The predicted molar refractivity (Wildman–Crippen MR) is 85.5 cm³/mol. The van der Waals surface area contributed by atoms with E-state index >= 15 is 0 Å². The largest absolute Gasteiger partial charge is 0.497 e. The first-order valence-corrected chi connectivity index (χ1v) is 8.33. The average molecular weight is 335 g/mol. The minimum atomic E-state index is -3.50. The van der Waals surface area contributed by atoms with Crippen LogP contribution in [0, 0.1) is 12.8 Å². The molecule has 1 fully saturated rings. The number of ether oxygens (including phenoxy) is 1. The third-order valence-corrected chi connectivity index (χ3v) is 5.59. The molecular weight excluding hydrogens is 312 g/mol. The summed E-state index contributed by atoms with van der Waals surface area (Å²) in [6.45, 7) is 2.29. The van der Waals surface area contributed by atoms with Crippen LogP contribution < -0.4 is 15.2 Å². The molecule has 0 spiro atoms. The van der Waals surface area contributed by atoms with E-state index in [2.05, 4.69) is 4.72 Å². The number of halogens is 1. The van der Waals surface area contributed by atoms with Gasteiger partial charge in [-0.3, -0.25) is 0 Å². The lowest BCUT2D eigenvalue weighted by Gasteiger charge is -2.20. The number of methoxy groups -OCH3 is 1. The number of hydrogen-bond acceptors (Lipinski definition) is 4. The van der Waals surface area contributed by atoms with E-state index in [1.54, 1.807) is 32.2 Å². The van der Waals surface area contributed by atoms with Crippen LogP contribution in [0.25, 0.3) is 0 Å². The van der Waals surface area contributed by atoms with Gasteiger partial charge in [-0.2, -0.15) is 0 Å². The fraction of sp³-hybridized carbons (Fsp3) is 0.571. The summed E-state index contributed by atoms with van der Waals surface area (Å²) in [5, 5.41) is 0. The van der Waals surface area contributed by atoms with E-state index in [-0.39, 0.29) is 24.4 Å². The van der Waals surface area contributed by atoms with Gasteiger partial charge in [0, 0.05) is 6.04 Å². The average Bonchev–Trinajstić information content (AvgIpc) is 2.84. The van der Waals surface area contributed by atoms with Crippen molar-refractivity contribution < 1.29 is 13.2 Å². The summed E-state index contributed by atoms with van der Waals surface area (Å²) < 4.78 is 32.9. The lowest BCUT2D eigenvalue weighted by Crippen LogP contribution is -2.40. The maximum atomic E-state index is 12.5. The van der Waals surface area contributed by atoms with Crippen molar-refractivity contribution in [3.8, 4) is 5.75 Å². The van der Waals surface area contributed by atoms with Crippen molar-refractivity contribution in [1.82, 2.24) is 4.72 Å². The Morgan fingerprint density at radius 1 is 1.38 bits per heavy atom. The van der Waals surface area contributed by atoms with E-state index in [1.807, 2.05) is 0 Å². The molecule has 3 N–H and O–H groups in total. The molecule has 2 unspecified atom stereocenters. The molecule has 1 aromatic rings. The second-order valence-corrected chi connectivity index (χ2v) is 6.97. The van der Waals surface area contributed by atoms with Crippen LogP contribution in [0.3, 0.4) is 0 Å². The number of nitrogens with two attached hydrogens (primary N) is 1. The van der Waals surface area contributed by atoms with Gasteiger partial charge in [-0.25, -0.2) is 13.1 Å². The summed E-state index contributed by atoms with van der Waals surface area (Å²) in [7, 11) is -1.94. The normalized spacial score (nSPS) is 21.9. The van der Waals surface area contributed by atoms with Crippen LogP contribution in [-0.2, 0) is 10.0 Å². The zero-order valence-corrected chi connectivity index (χ0v) is 14.0. The Hall–Kier alpha value is -0.820. The fourth-order valence-corrected chi connectivity index (χ4v) is 4.35. The SMILES string of the molecule is COc1ccc(S(=O)(=O)NC2CCCC2CN)c(C)c1.Cl. The van der Waals surface area contributed by atoms with E-state index in [0.29, 0.717) is 22.8 Å². The van der Waals surface area contributed by atoms with Gasteiger partial charge >= 0.3 is 0 Å². The first-order chi connectivity index (χ1) is 9.47. The number of benzene rings is 1. The first kappa shape index (κ1) is 18.2. The topological polar surface area (TPSA) is 81.4 Å². The van der Waals surface area contributed by atoms with Crippen molar-refractivity contribution in [2.45, 2.75) is 37.1 Å². The van der Waals surface area contributed by atoms with Crippen LogP contribution >= 0.6 is 12.4 Å². The Labute approximate surface area is 132 Å². The van der Waals surface area contributed by atoms with Gasteiger partial charge < -0.3 is 10.5 Å². The third-order valence-electron chi connectivity index (χ3n) is 3.94. The van der Waals surface area contributed by atoms with Gasteiger partial charge in [0.1, 0.15) is 5.75 Å². The summed E-state index contributed by atoms with van der Waals surface area (Å²) in [6, 6.07) is 4.93. The minimum Gasteiger partial charge on any atom is -0.497 e. The van der Waals surface area contributed by atoms with Crippen molar-refractivity contribution >= 4 is 22.4 Å². The molecule has 0 saturated heterocycles. The molecule has 0 aromatic heterocycles. The number of sulfonamides is 1. The van der Waals surface area contributed by atoms with Gasteiger partial charge in [-0.1, -0.05) is 6.42 Å². The molecular formula is C14H23ClN2O3S. The Kier molecular flexibility index (Phi) is 6.46.